The molecule has 0 aromatic heterocycles. The molecule has 0 saturated carbocycles. The Morgan fingerprint density at radius 1 is 0.880 bits per heavy atom. The molecule has 8 nitrogen and oxygen atoms in total. The van der Waals surface area contributed by atoms with Gasteiger partial charge in [0, 0.05) is 32.4 Å². The highest BCUT2D eigenvalue weighted by molar-refractivity contribution is 7.91. The van der Waals surface area contributed by atoms with Gasteiger partial charge in [0.2, 0.25) is 10.0 Å². The van der Waals surface area contributed by atoms with Crippen LogP contribution in [0.4, 0.5) is 5.69 Å². The number of nitrogens with zero attached hydrogens (tertiary/aromatic N) is 2. The van der Waals surface area contributed by atoms with Gasteiger partial charge in [-0.25, -0.2) is 16.8 Å². The molecule has 0 radical (unpaired) electrons. The highest BCUT2D eigenvalue weighted by Gasteiger charge is 2.31. The summed E-state index contributed by atoms with van der Waals surface area (Å²) in [6.07, 6.45) is 1.07. The SMILES string of the molecule is CS(=O)(=O)c1ccc(N2CCOCC2)c(S(=O)(=O)N2CCOCC2)c1. The minimum absolute atomic E-state index is 0.00339. The number of anilines is 1. The Kier molecular flexibility index (Phi) is 5.35. The molecular weight excluding hydrogens is 368 g/mol. The lowest BCUT2D eigenvalue weighted by Gasteiger charge is -2.32. The van der Waals surface area contributed by atoms with Gasteiger partial charge in [-0.1, -0.05) is 0 Å². The summed E-state index contributed by atoms with van der Waals surface area (Å²) in [4.78, 5) is 1.94. The number of rotatable bonds is 4. The third kappa shape index (κ3) is 3.98. The minimum atomic E-state index is -3.82. The van der Waals surface area contributed by atoms with Crippen molar-refractivity contribution in [3.05, 3.63) is 18.2 Å². The fourth-order valence-electron chi connectivity index (χ4n) is 2.92. The molecule has 0 amide bonds. The van der Waals surface area contributed by atoms with Crippen molar-refractivity contribution in [2.45, 2.75) is 9.79 Å². The molecule has 1 aromatic carbocycles. The molecule has 140 valence electrons. The van der Waals surface area contributed by atoms with Crippen molar-refractivity contribution in [2.75, 3.05) is 63.8 Å². The Bertz CT molecular complexity index is 826. The molecule has 2 aliphatic rings. The monoisotopic (exact) mass is 390 g/mol. The van der Waals surface area contributed by atoms with E-state index in [1.165, 1.54) is 16.4 Å². The van der Waals surface area contributed by atoms with Crippen molar-refractivity contribution in [3.8, 4) is 0 Å². The van der Waals surface area contributed by atoms with Gasteiger partial charge < -0.3 is 14.4 Å². The predicted molar refractivity (Wildman–Crippen MR) is 92.2 cm³/mol. The summed E-state index contributed by atoms with van der Waals surface area (Å²) in [6.45, 7) is 3.31. The van der Waals surface area contributed by atoms with E-state index in [4.69, 9.17) is 9.47 Å². The average Bonchev–Trinajstić information content (AvgIpc) is 2.62. The van der Waals surface area contributed by atoms with E-state index in [2.05, 4.69) is 0 Å². The summed E-state index contributed by atoms with van der Waals surface area (Å²) in [6, 6.07) is 4.30. The van der Waals surface area contributed by atoms with Crippen molar-refractivity contribution in [3.63, 3.8) is 0 Å². The van der Waals surface area contributed by atoms with E-state index < -0.39 is 19.9 Å². The summed E-state index contributed by atoms with van der Waals surface area (Å²) in [7, 11) is -7.33. The zero-order valence-corrected chi connectivity index (χ0v) is 15.7. The molecule has 0 N–H and O–H groups in total. The van der Waals surface area contributed by atoms with Crippen molar-refractivity contribution >= 4 is 25.5 Å². The molecule has 10 heteroatoms. The van der Waals surface area contributed by atoms with Crippen LogP contribution in [-0.4, -0.2) is 80.0 Å². The number of ether oxygens (including phenoxy) is 2. The lowest BCUT2D eigenvalue weighted by atomic mass is 10.2. The maximum Gasteiger partial charge on any atom is 0.245 e. The average molecular weight is 390 g/mol. The Morgan fingerprint density at radius 2 is 1.44 bits per heavy atom. The largest absolute Gasteiger partial charge is 0.379 e. The van der Waals surface area contributed by atoms with Gasteiger partial charge in [-0.3, -0.25) is 0 Å². The summed E-state index contributed by atoms with van der Waals surface area (Å²) in [5, 5.41) is 0. The number of sulfone groups is 1. The van der Waals surface area contributed by atoms with Gasteiger partial charge in [-0.2, -0.15) is 4.31 Å². The molecule has 3 rings (SSSR count). The Labute approximate surface area is 148 Å². The van der Waals surface area contributed by atoms with Crippen LogP contribution in [0.1, 0.15) is 0 Å². The quantitative estimate of drug-likeness (QED) is 0.711. The fourth-order valence-corrected chi connectivity index (χ4v) is 5.29. The minimum Gasteiger partial charge on any atom is -0.379 e. The first-order chi connectivity index (χ1) is 11.8. The van der Waals surface area contributed by atoms with E-state index in [0.29, 0.717) is 45.2 Å². The van der Waals surface area contributed by atoms with Crippen molar-refractivity contribution < 1.29 is 26.3 Å². The maximum absolute atomic E-state index is 13.1. The lowest BCUT2D eigenvalue weighted by molar-refractivity contribution is 0.0730. The second-order valence-electron chi connectivity index (χ2n) is 6.02. The van der Waals surface area contributed by atoms with Crippen LogP contribution < -0.4 is 4.90 Å². The molecular formula is C15H22N2O6S2. The first kappa shape index (κ1) is 18.6. The molecule has 2 saturated heterocycles. The zero-order chi connectivity index (χ0) is 18.1. The van der Waals surface area contributed by atoms with Crippen molar-refractivity contribution in [1.29, 1.82) is 0 Å². The van der Waals surface area contributed by atoms with Gasteiger partial charge in [0.1, 0.15) is 4.90 Å². The van der Waals surface area contributed by atoms with Gasteiger partial charge in [0.25, 0.3) is 0 Å². The summed E-state index contributed by atoms with van der Waals surface area (Å²) in [5.74, 6) is 0. The molecule has 0 spiro atoms. The van der Waals surface area contributed by atoms with E-state index in [0.717, 1.165) is 6.26 Å². The molecule has 0 unspecified atom stereocenters. The molecule has 0 aliphatic carbocycles. The maximum atomic E-state index is 13.1. The standard InChI is InChI=1S/C15H22N2O6S2/c1-24(18,19)13-2-3-14(16-4-8-22-9-5-16)15(12-13)25(20,21)17-6-10-23-11-7-17/h2-3,12H,4-11H2,1H3. The molecule has 2 heterocycles. The number of sulfonamides is 1. The first-order valence-electron chi connectivity index (χ1n) is 8.05. The van der Waals surface area contributed by atoms with Crippen LogP contribution in [0.5, 0.6) is 0 Å². The van der Waals surface area contributed by atoms with Crippen LogP contribution in [0.25, 0.3) is 0 Å². The second-order valence-corrected chi connectivity index (χ2v) is 9.94. The van der Waals surface area contributed by atoms with Crippen LogP contribution in [0.3, 0.4) is 0 Å². The molecule has 2 fully saturated rings. The lowest BCUT2D eigenvalue weighted by Crippen LogP contribution is -2.42. The Morgan fingerprint density at radius 3 is 2.00 bits per heavy atom. The molecule has 1 aromatic rings. The van der Waals surface area contributed by atoms with Crippen molar-refractivity contribution in [1.82, 2.24) is 4.31 Å². The number of hydrogen-bond donors (Lipinski definition) is 0. The second kappa shape index (κ2) is 7.20. The zero-order valence-electron chi connectivity index (χ0n) is 14.0. The highest BCUT2D eigenvalue weighted by atomic mass is 32.2. The third-order valence-electron chi connectivity index (χ3n) is 4.30. The molecule has 0 bridgehead atoms. The van der Waals surface area contributed by atoms with Crippen LogP contribution in [0.15, 0.2) is 28.0 Å². The highest BCUT2D eigenvalue weighted by Crippen LogP contribution is 2.31. The first-order valence-corrected chi connectivity index (χ1v) is 11.4. The number of hydrogen-bond acceptors (Lipinski definition) is 7. The smallest absolute Gasteiger partial charge is 0.245 e. The molecule has 0 atom stereocenters. The van der Waals surface area contributed by atoms with Crippen LogP contribution in [0.2, 0.25) is 0 Å². The summed E-state index contributed by atoms with van der Waals surface area (Å²) < 4.78 is 62.0. The third-order valence-corrected chi connectivity index (χ3v) is 7.34. The van der Waals surface area contributed by atoms with Crippen LogP contribution in [-0.2, 0) is 29.3 Å². The normalized spacial score (nSPS) is 20.6. The van der Waals surface area contributed by atoms with E-state index >= 15 is 0 Å². The van der Waals surface area contributed by atoms with Crippen molar-refractivity contribution in [2.24, 2.45) is 0 Å². The van der Waals surface area contributed by atoms with E-state index in [9.17, 15) is 16.8 Å². The van der Waals surface area contributed by atoms with E-state index in [1.54, 1.807) is 6.07 Å². The predicted octanol–water partition coefficient (Wildman–Crippen LogP) is -0.0524. The number of benzene rings is 1. The van der Waals surface area contributed by atoms with Gasteiger partial charge in [-0.05, 0) is 18.2 Å². The van der Waals surface area contributed by atoms with Gasteiger partial charge >= 0.3 is 0 Å². The van der Waals surface area contributed by atoms with Gasteiger partial charge in [0.15, 0.2) is 9.84 Å². The van der Waals surface area contributed by atoms with E-state index in [-0.39, 0.29) is 22.9 Å². The fraction of sp³-hybridized carbons (Fsp3) is 0.600. The number of morpholine rings is 2. The van der Waals surface area contributed by atoms with Gasteiger partial charge in [-0.15, -0.1) is 0 Å². The summed E-state index contributed by atoms with van der Waals surface area (Å²) in [5.41, 5.74) is 0.516. The molecule has 2 aliphatic heterocycles. The van der Waals surface area contributed by atoms with E-state index in [1.807, 2.05) is 4.90 Å². The Balaban J connectivity index is 2.09. The van der Waals surface area contributed by atoms with Crippen LogP contribution >= 0.6 is 0 Å². The Hall–Kier alpha value is -1.20. The molecule has 25 heavy (non-hydrogen) atoms. The van der Waals surface area contributed by atoms with Gasteiger partial charge in [0.05, 0.1) is 37.0 Å². The summed E-state index contributed by atoms with van der Waals surface area (Å²) >= 11 is 0. The van der Waals surface area contributed by atoms with Crippen LogP contribution in [0, 0.1) is 0 Å². The topological polar surface area (TPSA) is 93.2 Å².